The third-order valence-electron chi connectivity index (χ3n) is 3.00. The first-order valence-corrected chi connectivity index (χ1v) is 7.33. The molecule has 0 aliphatic rings. The van der Waals surface area contributed by atoms with E-state index in [2.05, 4.69) is 11.4 Å². The molecule has 3 nitrogen and oxygen atoms in total. The molecule has 0 spiro atoms. The summed E-state index contributed by atoms with van der Waals surface area (Å²) in [5, 5.41) is 3.43. The molecule has 1 rings (SSSR count). The maximum atomic E-state index is 5.63. The molecule has 0 fully saturated rings. The Labute approximate surface area is 121 Å². The van der Waals surface area contributed by atoms with E-state index < -0.39 is 0 Å². The van der Waals surface area contributed by atoms with Crippen molar-refractivity contribution in [3.05, 3.63) is 23.8 Å². The Balaban J connectivity index is 2.26. The highest BCUT2D eigenvalue weighted by atomic mass is 35.5. The standard InChI is InChI=1S/C15H24ClNO2/c1-18-14-8-7-13(12-15(14)19-2)6-5-11-17-10-4-3-9-16/h7-8,12,17H,3-6,9-11H2,1-2H3. The van der Waals surface area contributed by atoms with Gasteiger partial charge in [-0.1, -0.05) is 6.07 Å². The summed E-state index contributed by atoms with van der Waals surface area (Å²) in [6, 6.07) is 6.10. The summed E-state index contributed by atoms with van der Waals surface area (Å²) >= 11 is 5.63. The van der Waals surface area contributed by atoms with Crippen molar-refractivity contribution in [1.29, 1.82) is 0 Å². The molecule has 19 heavy (non-hydrogen) atoms. The van der Waals surface area contributed by atoms with Gasteiger partial charge in [-0.05, 0) is 56.5 Å². The van der Waals surface area contributed by atoms with Crippen molar-refractivity contribution in [2.75, 3.05) is 33.2 Å². The fourth-order valence-electron chi connectivity index (χ4n) is 1.92. The summed E-state index contributed by atoms with van der Waals surface area (Å²) in [5.41, 5.74) is 1.28. The Morgan fingerprint density at radius 2 is 1.74 bits per heavy atom. The van der Waals surface area contributed by atoms with Gasteiger partial charge in [0, 0.05) is 5.88 Å². The van der Waals surface area contributed by atoms with Crippen LogP contribution in [0.4, 0.5) is 0 Å². The Hall–Kier alpha value is -0.930. The Morgan fingerprint density at radius 3 is 2.42 bits per heavy atom. The molecule has 1 N–H and O–H groups in total. The van der Waals surface area contributed by atoms with E-state index in [1.54, 1.807) is 14.2 Å². The lowest BCUT2D eigenvalue weighted by Crippen LogP contribution is -2.17. The van der Waals surface area contributed by atoms with Crippen LogP contribution in [0.5, 0.6) is 11.5 Å². The summed E-state index contributed by atoms with van der Waals surface area (Å²) in [5.74, 6) is 2.34. The van der Waals surface area contributed by atoms with Gasteiger partial charge in [0.25, 0.3) is 0 Å². The van der Waals surface area contributed by atoms with Crippen LogP contribution >= 0.6 is 11.6 Å². The monoisotopic (exact) mass is 285 g/mol. The highest BCUT2D eigenvalue weighted by Gasteiger charge is 2.04. The number of halogens is 1. The molecule has 0 unspecified atom stereocenters. The molecule has 1 aromatic carbocycles. The molecule has 0 atom stereocenters. The predicted octanol–water partition coefficient (Wildman–Crippen LogP) is 3.25. The Bertz CT molecular complexity index is 358. The molecule has 0 saturated carbocycles. The van der Waals surface area contributed by atoms with Crippen molar-refractivity contribution in [3.63, 3.8) is 0 Å². The van der Waals surface area contributed by atoms with Crippen LogP contribution < -0.4 is 14.8 Å². The van der Waals surface area contributed by atoms with Gasteiger partial charge in [0.05, 0.1) is 14.2 Å². The van der Waals surface area contributed by atoms with Crippen LogP contribution in [0.25, 0.3) is 0 Å². The molecule has 4 heteroatoms. The SMILES string of the molecule is COc1ccc(CCCNCCCCCl)cc1OC. The quantitative estimate of drug-likeness (QED) is 0.529. The fraction of sp³-hybridized carbons (Fsp3) is 0.600. The second-order valence-electron chi connectivity index (χ2n) is 4.44. The van der Waals surface area contributed by atoms with Crippen LogP contribution in [-0.4, -0.2) is 33.2 Å². The number of aryl methyl sites for hydroxylation is 1. The summed E-state index contributed by atoms with van der Waals surface area (Å²) in [6.07, 6.45) is 4.41. The first kappa shape index (κ1) is 16.1. The predicted molar refractivity (Wildman–Crippen MR) is 80.7 cm³/mol. The van der Waals surface area contributed by atoms with E-state index in [1.807, 2.05) is 12.1 Å². The van der Waals surface area contributed by atoms with Gasteiger partial charge in [0.2, 0.25) is 0 Å². The number of alkyl halides is 1. The summed E-state index contributed by atoms with van der Waals surface area (Å²) in [4.78, 5) is 0. The molecule has 0 aliphatic heterocycles. The summed E-state index contributed by atoms with van der Waals surface area (Å²) in [6.45, 7) is 2.09. The van der Waals surface area contributed by atoms with Gasteiger partial charge in [-0.3, -0.25) is 0 Å². The third kappa shape index (κ3) is 6.17. The van der Waals surface area contributed by atoms with Crippen LogP contribution in [0.3, 0.4) is 0 Å². The highest BCUT2D eigenvalue weighted by molar-refractivity contribution is 6.17. The number of nitrogens with one attached hydrogen (secondary N) is 1. The second-order valence-corrected chi connectivity index (χ2v) is 4.82. The molecular weight excluding hydrogens is 262 g/mol. The maximum Gasteiger partial charge on any atom is 0.160 e. The molecule has 0 bridgehead atoms. The van der Waals surface area contributed by atoms with Crippen LogP contribution in [0.2, 0.25) is 0 Å². The normalized spacial score (nSPS) is 10.5. The zero-order valence-electron chi connectivity index (χ0n) is 11.9. The van der Waals surface area contributed by atoms with E-state index in [0.29, 0.717) is 0 Å². The van der Waals surface area contributed by atoms with Gasteiger partial charge in [-0.2, -0.15) is 0 Å². The number of hydrogen-bond donors (Lipinski definition) is 1. The summed E-state index contributed by atoms with van der Waals surface area (Å²) in [7, 11) is 3.32. The van der Waals surface area contributed by atoms with Crippen LogP contribution in [0.15, 0.2) is 18.2 Å². The molecular formula is C15H24ClNO2. The number of hydrogen-bond acceptors (Lipinski definition) is 3. The third-order valence-corrected chi connectivity index (χ3v) is 3.27. The van der Waals surface area contributed by atoms with Gasteiger partial charge < -0.3 is 14.8 Å². The lowest BCUT2D eigenvalue weighted by molar-refractivity contribution is 0.354. The second kappa shape index (κ2) is 9.93. The number of ether oxygens (including phenoxy) is 2. The molecule has 0 radical (unpaired) electrons. The minimum absolute atomic E-state index is 0.757. The molecule has 0 heterocycles. The van der Waals surface area contributed by atoms with Crippen LogP contribution in [-0.2, 0) is 6.42 Å². The van der Waals surface area contributed by atoms with E-state index in [9.17, 15) is 0 Å². The van der Waals surface area contributed by atoms with Crippen molar-refractivity contribution in [1.82, 2.24) is 5.32 Å². The van der Waals surface area contributed by atoms with E-state index in [1.165, 1.54) is 5.56 Å². The highest BCUT2D eigenvalue weighted by Crippen LogP contribution is 2.27. The minimum Gasteiger partial charge on any atom is -0.493 e. The van der Waals surface area contributed by atoms with Crippen LogP contribution in [0, 0.1) is 0 Å². The summed E-state index contributed by atoms with van der Waals surface area (Å²) < 4.78 is 10.5. The lowest BCUT2D eigenvalue weighted by Gasteiger charge is -2.09. The van der Waals surface area contributed by atoms with Gasteiger partial charge in [0.15, 0.2) is 11.5 Å². The fourth-order valence-corrected chi connectivity index (χ4v) is 2.11. The molecule has 0 aliphatic carbocycles. The minimum atomic E-state index is 0.757. The zero-order valence-corrected chi connectivity index (χ0v) is 12.6. The molecule has 1 aromatic rings. The topological polar surface area (TPSA) is 30.5 Å². The number of rotatable bonds is 10. The first-order chi connectivity index (χ1) is 9.31. The Morgan fingerprint density at radius 1 is 1.00 bits per heavy atom. The van der Waals surface area contributed by atoms with E-state index in [-0.39, 0.29) is 0 Å². The molecule has 0 amide bonds. The molecule has 0 aromatic heterocycles. The molecule has 0 saturated heterocycles. The average Bonchev–Trinajstić information content (AvgIpc) is 2.46. The number of benzene rings is 1. The van der Waals surface area contributed by atoms with Gasteiger partial charge in [-0.25, -0.2) is 0 Å². The smallest absolute Gasteiger partial charge is 0.160 e. The maximum absolute atomic E-state index is 5.63. The van der Waals surface area contributed by atoms with Crippen molar-refractivity contribution in [2.45, 2.75) is 25.7 Å². The van der Waals surface area contributed by atoms with Crippen LogP contribution in [0.1, 0.15) is 24.8 Å². The van der Waals surface area contributed by atoms with E-state index in [0.717, 1.165) is 56.2 Å². The van der Waals surface area contributed by atoms with E-state index >= 15 is 0 Å². The van der Waals surface area contributed by atoms with Gasteiger partial charge in [-0.15, -0.1) is 11.6 Å². The van der Waals surface area contributed by atoms with Gasteiger partial charge in [0.1, 0.15) is 0 Å². The molecule has 108 valence electrons. The average molecular weight is 286 g/mol. The van der Waals surface area contributed by atoms with E-state index in [4.69, 9.17) is 21.1 Å². The van der Waals surface area contributed by atoms with Crippen molar-refractivity contribution >= 4 is 11.6 Å². The van der Waals surface area contributed by atoms with Crippen molar-refractivity contribution < 1.29 is 9.47 Å². The van der Waals surface area contributed by atoms with Gasteiger partial charge >= 0.3 is 0 Å². The first-order valence-electron chi connectivity index (χ1n) is 6.79. The lowest BCUT2D eigenvalue weighted by atomic mass is 10.1. The van der Waals surface area contributed by atoms with Crippen molar-refractivity contribution in [3.8, 4) is 11.5 Å². The van der Waals surface area contributed by atoms with Crippen molar-refractivity contribution in [2.24, 2.45) is 0 Å². The zero-order chi connectivity index (χ0) is 13.9. The largest absolute Gasteiger partial charge is 0.493 e. The number of methoxy groups -OCH3 is 2. The number of unbranched alkanes of at least 4 members (excludes halogenated alkanes) is 1. The Kier molecular flexibility index (Phi) is 8.43.